The fraction of sp³-hybridized carbons (Fsp3) is 0.333. The van der Waals surface area contributed by atoms with Crippen LogP contribution in [0.5, 0.6) is 0 Å². The normalized spacial score (nSPS) is 24.6. The van der Waals surface area contributed by atoms with Crippen LogP contribution in [0.2, 0.25) is 0 Å². The van der Waals surface area contributed by atoms with Crippen molar-refractivity contribution in [3.63, 3.8) is 0 Å². The van der Waals surface area contributed by atoms with Crippen LogP contribution in [0.15, 0.2) is 54.6 Å². The molecule has 26 heavy (non-hydrogen) atoms. The zero-order valence-corrected chi connectivity index (χ0v) is 15.5. The number of hydrogen-bond acceptors (Lipinski definition) is 4. The Morgan fingerprint density at radius 3 is 2.81 bits per heavy atom. The summed E-state index contributed by atoms with van der Waals surface area (Å²) >= 11 is 1.68. The number of aryl methyl sites for hydroxylation is 1. The van der Waals surface area contributed by atoms with Crippen molar-refractivity contribution in [3.8, 4) is 0 Å². The minimum absolute atomic E-state index is 0.0383. The van der Waals surface area contributed by atoms with Gasteiger partial charge < -0.3 is 9.64 Å². The summed E-state index contributed by atoms with van der Waals surface area (Å²) in [5.41, 5.74) is 3.18. The number of rotatable bonds is 4. The molecule has 4 nitrogen and oxygen atoms in total. The van der Waals surface area contributed by atoms with Gasteiger partial charge >= 0.3 is 5.97 Å². The number of fused-ring (bicyclic) bond motifs is 1. The van der Waals surface area contributed by atoms with E-state index in [9.17, 15) is 9.59 Å². The second-order valence-electron chi connectivity index (χ2n) is 6.84. The second-order valence-corrected chi connectivity index (χ2v) is 8.14. The molecule has 0 aromatic heterocycles. The average molecular weight is 367 g/mol. The lowest BCUT2D eigenvalue weighted by Gasteiger charge is -2.33. The molecule has 2 aliphatic rings. The van der Waals surface area contributed by atoms with Gasteiger partial charge in [-0.15, -0.1) is 11.8 Å². The van der Waals surface area contributed by atoms with Gasteiger partial charge in [-0.2, -0.15) is 0 Å². The van der Waals surface area contributed by atoms with Gasteiger partial charge in [0.25, 0.3) is 0 Å². The van der Waals surface area contributed by atoms with Gasteiger partial charge in [0.2, 0.25) is 5.91 Å². The minimum Gasteiger partial charge on any atom is -0.459 e. The number of esters is 1. The molecule has 0 aliphatic carbocycles. The lowest BCUT2D eigenvalue weighted by Crippen LogP contribution is -2.46. The highest BCUT2D eigenvalue weighted by Crippen LogP contribution is 2.54. The Labute approximate surface area is 157 Å². The molecule has 134 valence electrons. The van der Waals surface area contributed by atoms with Gasteiger partial charge in [0.1, 0.15) is 17.5 Å². The third-order valence-corrected chi connectivity index (χ3v) is 6.68. The highest BCUT2D eigenvalue weighted by molar-refractivity contribution is 8.00. The van der Waals surface area contributed by atoms with Gasteiger partial charge in [-0.05, 0) is 24.5 Å². The second kappa shape index (κ2) is 6.80. The number of thioether (sulfide) groups is 1. The number of carbonyl (C=O) groups excluding carboxylic acids is 2. The molecule has 0 N–H and O–H groups in total. The van der Waals surface area contributed by atoms with Crippen molar-refractivity contribution in [1.82, 2.24) is 4.90 Å². The van der Waals surface area contributed by atoms with Crippen LogP contribution >= 0.6 is 11.8 Å². The number of benzene rings is 2. The Balaban J connectivity index is 1.52. The van der Waals surface area contributed by atoms with Crippen molar-refractivity contribution in [2.75, 3.05) is 5.75 Å². The van der Waals surface area contributed by atoms with Crippen LogP contribution in [0.3, 0.4) is 0 Å². The van der Waals surface area contributed by atoms with Crippen LogP contribution in [0.4, 0.5) is 0 Å². The third-order valence-electron chi connectivity index (χ3n) is 5.09. The first kappa shape index (κ1) is 17.2. The number of hydrogen-bond donors (Lipinski definition) is 0. The maximum absolute atomic E-state index is 12.7. The molecule has 0 unspecified atom stereocenters. The first-order chi connectivity index (χ1) is 12.6. The molecular weight excluding hydrogens is 346 g/mol. The molecule has 2 aromatic rings. The predicted octanol–water partition coefficient (Wildman–Crippen LogP) is 3.63. The van der Waals surface area contributed by atoms with Crippen LogP contribution in [0.1, 0.15) is 29.5 Å². The monoisotopic (exact) mass is 367 g/mol. The number of ether oxygens (including phenoxy) is 1. The molecule has 2 heterocycles. The molecule has 2 saturated heterocycles. The van der Waals surface area contributed by atoms with E-state index in [4.69, 9.17) is 4.74 Å². The van der Waals surface area contributed by atoms with Gasteiger partial charge in [-0.25, -0.2) is 4.79 Å². The number of carbonyl (C=O) groups is 2. The molecular formula is C21H21NO3S. The Morgan fingerprint density at radius 1 is 1.23 bits per heavy atom. The predicted molar refractivity (Wildman–Crippen MR) is 101 cm³/mol. The molecule has 2 aliphatic heterocycles. The standard InChI is InChI=1S/C21H21NO3S/c1-15-6-5-7-16(12-15)13-25-20(24)18-14-26-21(11-10-19(23)22(18)21)17-8-3-2-4-9-17/h2-9,12,18H,10-11,13-14H2,1H3/t18-,21-/m1/s1. The van der Waals surface area contributed by atoms with Crippen molar-refractivity contribution < 1.29 is 14.3 Å². The fourth-order valence-corrected chi connectivity index (χ4v) is 5.50. The average Bonchev–Trinajstić information content (AvgIpc) is 3.20. The zero-order chi connectivity index (χ0) is 18.1. The van der Waals surface area contributed by atoms with Gasteiger partial charge in [0.15, 0.2) is 0 Å². The SMILES string of the molecule is Cc1cccc(COC(=O)[C@H]2CS[C@@]3(c4ccccc4)CCC(=O)N23)c1. The summed E-state index contributed by atoms with van der Waals surface area (Å²) in [6, 6.07) is 17.4. The van der Waals surface area contributed by atoms with Crippen molar-refractivity contribution in [2.45, 2.75) is 37.3 Å². The smallest absolute Gasteiger partial charge is 0.330 e. The molecule has 0 radical (unpaired) electrons. The highest BCUT2D eigenvalue weighted by Gasteiger charge is 2.57. The van der Waals surface area contributed by atoms with E-state index in [1.807, 2.05) is 61.5 Å². The summed E-state index contributed by atoms with van der Waals surface area (Å²) in [5.74, 6) is 0.302. The lowest BCUT2D eigenvalue weighted by molar-refractivity contribution is -0.155. The Bertz CT molecular complexity index is 838. The van der Waals surface area contributed by atoms with Crippen LogP contribution in [-0.4, -0.2) is 28.6 Å². The zero-order valence-electron chi connectivity index (χ0n) is 14.7. The van der Waals surface area contributed by atoms with E-state index < -0.39 is 10.9 Å². The van der Waals surface area contributed by atoms with E-state index in [2.05, 4.69) is 0 Å². The van der Waals surface area contributed by atoms with Crippen LogP contribution < -0.4 is 0 Å². The number of amides is 1. The highest BCUT2D eigenvalue weighted by atomic mass is 32.2. The summed E-state index contributed by atoms with van der Waals surface area (Å²) in [7, 11) is 0. The van der Waals surface area contributed by atoms with E-state index in [1.54, 1.807) is 16.7 Å². The van der Waals surface area contributed by atoms with Gasteiger partial charge in [0.05, 0.1) is 0 Å². The first-order valence-electron chi connectivity index (χ1n) is 8.84. The van der Waals surface area contributed by atoms with Crippen LogP contribution in [0.25, 0.3) is 0 Å². The molecule has 2 aromatic carbocycles. The van der Waals surface area contributed by atoms with E-state index in [-0.39, 0.29) is 18.5 Å². The summed E-state index contributed by atoms with van der Waals surface area (Å²) in [6.45, 7) is 2.25. The van der Waals surface area contributed by atoms with Crippen LogP contribution in [-0.2, 0) is 25.8 Å². The minimum atomic E-state index is -0.514. The maximum atomic E-state index is 12.7. The van der Waals surface area contributed by atoms with Crippen molar-refractivity contribution in [3.05, 3.63) is 71.3 Å². The van der Waals surface area contributed by atoms with E-state index >= 15 is 0 Å². The molecule has 0 spiro atoms. The summed E-state index contributed by atoms with van der Waals surface area (Å²) in [5, 5.41) is 0. The Hall–Kier alpha value is -2.27. The molecule has 0 saturated carbocycles. The quantitative estimate of drug-likeness (QED) is 0.774. The molecule has 0 bridgehead atoms. The molecule has 2 fully saturated rings. The summed E-state index contributed by atoms with van der Waals surface area (Å²) < 4.78 is 5.56. The van der Waals surface area contributed by atoms with Crippen molar-refractivity contribution >= 4 is 23.6 Å². The molecule has 4 rings (SSSR count). The third kappa shape index (κ3) is 2.90. The van der Waals surface area contributed by atoms with Gasteiger partial charge in [-0.3, -0.25) is 4.79 Å². The van der Waals surface area contributed by atoms with E-state index in [1.165, 1.54) is 0 Å². The van der Waals surface area contributed by atoms with E-state index in [0.29, 0.717) is 12.2 Å². The van der Waals surface area contributed by atoms with E-state index in [0.717, 1.165) is 23.1 Å². The first-order valence-corrected chi connectivity index (χ1v) is 9.82. The largest absolute Gasteiger partial charge is 0.459 e. The Kier molecular flexibility index (Phi) is 4.49. The van der Waals surface area contributed by atoms with Crippen molar-refractivity contribution in [2.24, 2.45) is 0 Å². The Morgan fingerprint density at radius 2 is 2.04 bits per heavy atom. The molecule has 1 amide bonds. The summed E-state index contributed by atoms with van der Waals surface area (Å²) in [6.07, 6.45) is 1.21. The van der Waals surface area contributed by atoms with Gasteiger partial charge in [-0.1, -0.05) is 60.2 Å². The lowest BCUT2D eigenvalue weighted by atomic mass is 10.0. The number of nitrogens with zero attached hydrogens (tertiary/aromatic N) is 1. The molecule has 5 heteroatoms. The maximum Gasteiger partial charge on any atom is 0.330 e. The topological polar surface area (TPSA) is 46.6 Å². The summed E-state index contributed by atoms with van der Waals surface area (Å²) in [4.78, 5) is 26.7. The molecule has 2 atom stereocenters. The van der Waals surface area contributed by atoms with Crippen LogP contribution in [0, 0.1) is 6.92 Å². The van der Waals surface area contributed by atoms with Crippen molar-refractivity contribution in [1.29, 1.82) is 0 Å². The van der Waals surface area contributed by atoms with Gasteiger partial charge in [0, 0.05) is 12.2 Å². The fourth-order valence-electron chi connectivity index (χ4n) is 3.87.